The fraction of sp³-hybridized carbons (Fsp3) is 0.250. The third-order valence-corrected chi connectivity index (χ3v) is 5.40. The van der Waals surface area contributed by atoms with E-state index in [1.807, 2.05) is 40.8 Å². The van der Waals surface area contributed by atoms with Crippen molar-refractivity contribution in [1.82, 2.24) is 14.5 Å². The number of carbonyl (C=O) groups is 1. The minimum atomic E-state index is -0.243. The van der Waals surface area contributed by atoms with Gasteiger partial charge in [-0.1, -0.05) is 6.07 Å². The van der Waals surface area contributed by atoms with Gasteiger partial charge in [0, 0.05) is 44.1 Å². The van der Waals surface area contributed by atoms with Crippen LogP contribution in [0, 0.1) is 12.7 Å². The first-order valence-corrected chi connectivity index (χ1v) is 10.2. The molecule has 0 atom stereocenters. The van der Waals surface area contributed by atoms with Crippen LogP contribution < -0.4 is 9.64 Å². The Morgan fingerprint density at radius 1 is 1.10 bits per heavy atom. The number of anilines is 1. The normalized spacial score (nSPS) is 14.3. The number of carbonyl (C=O) groups excluding carboxylic acids is 1. The lowest BCUT2D eigenvalue weighted by atomic mass is 10.1. The third kappa shape index (κ3) is 4.77. The van der Waals surface area contributed by atoms with Gasteiger partial charge in [0.15, 0.2) is 0 Å². The molecular formula is C24H25FN4O2. The van der Waals surface area contributed by atoms with Crippen LogP contribution in [0.15, 0.2) is 61.1 Å². The number of benzene rings is 2. The molecule has 0 bridgehead atoms. The average molecular weight is 420 g/mol. The number of hydrogen-bond donors (Lipinski definition) is 0. The first-order chi connectivity index (χ1) is 15.0. The van der Waals surface area contributed by atoms with Gasteiger partial charge in [0.25, 0.3) is 0 Å². The molecule has 2 aromatic carbocycles. The van der Waals surface area contributed by atoms with Crippen LogP contribution in [0.25, 0.3) is 11.8 Å². The van der Waals surface area contributed by atoms with Crippen LogP contribution in [0.4, 0.5) is 10.1 Å². The standard InChI is InChI=1S/C24H25FN4O2/c1-18-16-29(17-26-18)22-9-3-19(15-23(22)31-2)4-10-24(30)28-13-11-27(12-14-28)21-7-5-20(25)6-8-21/h3-10,15-17H,11-14H2,1-2H3. The summed E-state index contributed by atoms with van der Waals surface area (Å²) >= 11 is 0. The van der Waals surface area contributed by atoms with Gasteiger partial charge in [0.05, 0.1) is 24.8 Å². The lowest BCUT2D eigenvalue weighted by Crippen LogP contribution is -2.48. The van der Waals surface area contributed by atoms with Crippen LogP contribution in [0.5, 0.6) is 5.75 Å². The van der Waals surface area contributed by atoms with E-state index in [9.17, 15) is 9.18 Å². The van der Waals surface area contributed by atoms with Gasteiger partial charge in [-0.15, -0.1) is 0 Å². The highest BCUT2D eigenvalue weighted by atomic mass is 19.1. The maximum Gasteiger partial charge on any atom is 0.246 e. The molecule has 0 unspecified atom stereocenters. The fourth-order valence-electron chi connectivity index (χ4n) is 3.67. The SMILES string of the molecule is COc1cc(C=CC(=O)N2CCN(c3ccc(F)cc3)CC2)ccc1-n1cnc(C)c1. The zero-order chi connectivity index (χ0) is 21.8. The van der Waals surface area contributed by atoms with Crippen LogP contribution in [-0.2, 0) is 4.79 Å². The molecule has 1 aromatic heterocycles. The lowest BCUT2D eigenvalue weighted by molar-refractivity contribution is -0.126. The van der Waals surface area contributed by atoms with E-state index in [4.69, 9.17) is 4.74 Å². The first-order valence-electron chi connectivity index (χ1n) is 10.2. The van der Waals surface area contributed by atoms with E-state index in [-0.39, 0.29) is 11.7 Å². The number of rotatable bonds is 5. The van der Waals surface area contributed by atoms with E-state index in [0.29, 0.717) is 18.8 Å². The summed E-state index contributed by atoms with van der Waals surface area (Å²) in [5.41, 5.74) is 3.68. The van der Waals surface area contributed by atoms with Crippen LogP contribution >= 0.6 is 0 Å². The second-order valence-corrected chi connectivity index (χ2v) is 7.48. The Hall–Kier alpha value is -3.61. The molecule has 1 fully saturated rings. The molecule has 2 heterocycles. The Kier molecular flexibility index (Phi) is 6.02. The minimum absolute atomic E-state index is 0.0213. The molecule has 0 N–H and O–H groups in total. The van der Waals surface area contributed by atoms with Gasteiger partial charge in [-0.05, 0) is 55.0 Å². The molecule has 1 saturated heterocycles. The molecular weight excluding hydrogens is 395 g/mol. The van der Waals surface area contributed by atoms with E-state index < -0.39 is 0 Å². The van der Waals surface area contributed by atoms with Gasteiger partial charge in [0.2, 0.25) is 5.91 Å². The Morgan fingerprint density at radius 2 is 1.84 bits per heavy atom. The number of ether oxygens (including phenoxy) is 1. The number of nitrogens with zero attached hydrogens (tertiary/aromatic N) is 4. The highest BCUT2D eigenvalue weighted by Crippen LogP contribution is 2.25. The second-order valence-electron chi connectivity index (χ2n) is 7.48. The smallest absolute Gasteiger partial charge is 0.246 e. The Morgan fingerprint density at radius 3 is 2.48 bits per heavy atom. The van der Waals surface area contributed by atoms with Gasteiger partial charge >= 0.3 is 0 Å². The molecule has 1 amide bonds. The Labute approximate surface area is 181 Å². The average Bonchev–Trinajstić information content (AvgIpc) is 3.24. The minimum Gasteiger partial charge on any atom is -0.495 e. The molecule has 4 rings (SSSR count). The van der Waals surface area contributed by atoms with Crippen molar-refractivity contribution in [2.24, 2.45) is 0 Å². The van der Waals surface area contributed by atoms with Crippen molar-refractivity contribution < 1.29 is 13.9 Å². The molecule has 6 nitrogen and oxygen atoms in total. The largest absolute Gasteiger partial charge is 0.495 e. The summed E-state index contributed by atoms with van der Waals surface area (Å²) in [6, 6.07) is 12.3. The summed E-state index contributed by atoms with van der Waals surface area (Å²) in [7, 11) is 1.63. The number of hydrogen-bond acceptors (Lipinski definition) is 4. The van der Waals surface area contributed by atoms with E-state index >= 15 is 0 Å². The van der Waals surface area contributed by atoms with E-state index in [0.717, 1.165) is 35.7 Å². The molecule has 0 radical (unpaired) electrons. The van der Waals surface area contributed by atoms with Gasteiger partial charge in [-0.3, -0.25) is 4.79 Å². The van der Waals surface area contributed by atoms with Crippen LogP contribution in [0.2, 0.25) is 0 Å². The van der Waals surface area contributed by atoms with Crippen molar-refractivity contribution in [3.63, 3.8) is 0 Å². The molecule has 31 heavy (non-hydrogen) atoms. The first kappa shape index (κ1) is 20.7. The van der Waals surface area contributed by atoms with Crippen molar-refractivity contribution in [3.05, 3.63) is 78.1 Å². The molecule has 1 aliphatic rings. The number of piperazine rings is 1. The maximum atomic E-state index is 13.1. The predicted molar refractivity (Wildman–Crippen MR) is 119 cm³/mol. The quantitative estimate of drug-likeness (QED) is 0.591. The lowest BCUT2D eigenvalue weighted by Gasteiger charge is -2.35. The number of aryl methyl sites for hydroxylation is 1. The van der Waals surface area contributed by atoms with Gasteiger partial charge in [-0.2, -0.15) is 0 Å². The van der Waals surface area contributed by atoms with Gasteiger partial charge < -0.3 is 19.1 Å². The molecule has 0 spiro atoms. The molecule has 1 aliphatic heterocycles. The summed E-state index contributed by atoms with van der Waals surface area (Å²) < 4.78 is 20.6. The number of methoxy groups -OCH3 is 1. The number of halogens is 1. The van der Waals surface area contributed by atoms with Gasteiger partial charge in [-0.25, -0.2) is 9.37 Å². The Bertz CT molecular complexity index is 1080. The zero-order valence-corrected chi connectivity index (χ0v) is 17.7. The maximum absolute atomic E-state index is 13.1. The van der Waals surface area contributed by atoms with Crippen molar-refractivity contribution in [2.45, 2.75) is 6.92 Å². The Balaban J connectivity index is 1.38. The van der Waals surface area contributed by atoms with Gasteiger partial charge in [0.1, 0.15) is 11.6 Å². The van der Waals surface area contributed by atoms with Crippen molar-refractivity contribution in [1.29, 1.82) is 0 Å². The molecule has 3 aromatic rings. The number of imidazole rings is 1. The van der Waals surface area contributed by atoms with E-state index in [1.165, 1.54) is 12.1 Å². The predicted octanol–water partition coefficient (Wildman–Crippen LogP) is 3.69. The molecule has 0 aliphatic carbocycles. The molecule has 0 saturated carbocycles. The summed E-state index contributed by atoms with van der Waals surface area (Å²) in [6.45, 7) is 4.63. The topological polar surface area (TPSA) is 50.6 Å². The van der Waals surface area contributed by atoms with E-state index in [2.05, 4.69) is 9.88 Å². The van der Waals surface area contributed by atoms with Crippen molar-refractivity contribution in [3.8, 4) is 11.4 Å². The number of aromatic nitrogens is 2. The monoisotopic (exact) mass is 420 g/mol. The zero-order valence-electron chi connectivity index (χ0n) is 17.7. The molecule has 7 heteroatoms. The van der Waals surface area contributed by atoms with Crippen LogP contribution in [0.3, 0.4) is 0 Å². The summed E-state index contributed by atoms with van der Waals surface area (Å²) in [5.74, 6) is 0.444. The van der Waals surface area contributed by atoms with Crippen LogP contribution in [-0.4, -0.2) is 53.6 Å². The summed E-state index contributed by atoms with van der Waals surface area (Å²) in [6.07, 6.45) is 7.09. The fourth-order valence-corrected chi connectivity index (χ4v) is 3.67. The highest BCUT2D eigenvalue weighted by Gasteiger charge is 2.19. The summed E-state index contributed by atoms with van der Waals surface area (Å²) in [5, 5.41) is 0. The van der Waals surface area contributed by atoms with Crippen molar-refractivity contribution >= 4 is 17.7 Å². The second kappa shape index (κ2) is 9.04. The highest BCUT2D eigenvalue weighted by molar-refractivity contribution is 5.92. The third-order valence-electron chi connectivity index (χ3n) is 5.40. The summed E-state index contributed by atoms with van der Waals surface area (Å²) in [4.78, 5) is 20.9. The van der Waals surface area contributed by atoms with Crippen LogP contribution in [0.1, 0.15) is 11.3 Å². The molecule has 160 valence electrons. The van der Waals surface area contributed by atoms with E-state index in [1.54, 1.807) is 37.7 Å². The van der Waals surface area contributed by atoms with Crippen molar-refractivity contribution in [2.75, 3.05) is 38.2 Å². The number of amides is 1.